The quantitative estimate of drug-likeness (QED) is 0.770. The molecular formula is C15H11BrFN3. The Morgan fingerprint density at radius 1 is 1.05 bits per heavy atom. The van der Waals surface area contributed by atoms with Crippen LogP contribution in [0.5, 0.6) is 0 Å². The van der Waals surface area contributed by atoms with E-state index in [1.165, 1.54) is 12.1 Å². The van der Waals surface area contributed by atoms with E-state index in [2.05, 4.69) is 21.0 Å². The van der Waals surface area contributed by atoms with E-state index in [9.17, 15) is 4.39 Å². The predicted molar refractivity (Wildman–Crippen MR) is 81.1 cm³/mol. The molecule has 0 bridgehead atoms. The third-order valence-electron chi connectivity index (χ3n) is 2.94. The number of rotatable bonds is 2. The lowest BCUT2D eigenvalue weighted by Gasteiger charge is -2.03. The van der Waals surface area contributed by atoms with Crippen molar-refractivity contribution in [2.75, 3.05) is 5.73 Å². The number of anilines is 1. The van der Waals surface area contributed by atoms with Crippen molar-refractivity contribution in [3.8, 4) is 16.9 Å². The molecule has 100 valence electrons. The molecular weight excluding hydrogens is 321 g/mol. The van der Waals surface area contributed by atoms with Crippen molar-refractivity contribution in [3.05, 3.63) is 64.9 Å². The summed E-state index contributed by atoms with van der Waals surface area (Å²) in [5.74, 6) is 0.235. The number of aromatic nitrogens is 2. The summed E-state index contributed by atoms with van der Waals surface area (Å²) in [5.41, 5.74) is 8.38. The molecule has 0 saturated carbocycles. The molecule has 0 radical (unpaired) electrons. The van der Waals surface area contributed by atoms with Crippen molar-refractivity contribution in [2.24, 2.45) is 0 Å². The van der Waals surface area contributed by atoms with Crippen LogP contribution in [0.1, 0.15) is 0 Å². The third kappa shape index (κ3) is 2.32. The Balaban J connectivity index is 2.09. The summed E-state index contributed by atoms with van der Waals surface area (Å²) >= 11 is 3.34. The Labute approximate surface area is 124 Å². The lowest BCUT2D eigenvalue weighted by molar-refractivity contribution is 0.627. The van der Waals surface area contributed by atoms with Crippen molar-refractivity contribution >= 4 is 21.7 Å². The van der Waals surface area contributed by atoms with E-state index in [0.717, 1.165) is 11.3 Å². The van der Waals surface area contributed by atoms with E-state index in [0.29, 0.717) is 16.0 Å². The molecule has 0 aliphatic heterocycles. The summed E-state index contributed by atoms with van der Waals surface area (Å²) in [7, 11) is 0. The van der Waals surface area contributed by atoms with Crippen LogP contribution in [0.2, 0.25) is 0 Å². The Bertz CT molecular complexity index is 753. The molecule has 0 amide bonds. The Kier molecular flexibility index (Phi) is 3.28. The molecule has 0 aliphatic rings. The van der Waals surface area contributed by atoms with Gasteiger partial charge < -0.3 is 5.73 Å². The van der Waals surface area contributed by atoms with Crippen LogP contribution in [0.3, 0.4) is 0 Å². The SMILES string of the molecule is Nc1cc(-c2ccc(F)cc2Br)nn1-c1ccccc1. The summed E-state index contributed by atoms with van der Waals surface area (Å²) in [6, 6.07) is 15.9. The molecule has 1 heterocycles. The van der Waals surface area contributed by atoms with Gasteiger partial charge in [0.25, 0.3) is 0 Å². The minimum atomic E-state index is -0.295. The van der Waals surface area contributed by atoms with Gasteiger partial charge in [-0.2, -0.15) is 5.10 Å². The highest BCUT2D eigenvalue weighted by atomic mass is 79.9. The zero-order chi connectivity index (χ0) is 14.1. The van der Waals surface area contributed by atoms with E-state index in [4.69, 9.17) is 5.73 Å². The van der Waals surface area contributed by atoms with Crippen molar-refractivity contribution in [1.29, 1.82) is 0 Å². The van der Waals surface area contributed by atoms with Gasteiger partial charge in [0.15, 0.2) is 0 Å². The number of hydrogen-bond donors (Lipinski definition) is 1. The maximum absolute atomic E-state index is 13.1. The minimum absolute atomic E-state index is 0.295. The van der Waals surface area contributed by atoms with Crippen LogP contribution in [0.4, 0.5) is 10.2 Å². The summed E-state index contributed by atoms with van der Waals surface area (Å²) < 4.78 is 15.4. The monoisotopic (exact) mass is 331 g/mol. The fraction of sp³-hybridized carbons (Fsp3) is 0. The van der Waals surface area contributed by atoms with Crippen LogP contribution >= 0.6 is 15.9 Å². The molecule has 2 aromatic carbocycles. The Morgan fingerprint density at radius 2 is 1.80 bits per heavy atom. The van der Waals surface area contributed by atoms with E-state index in [-0.39, 0.29) is 5.82 Å². The normalized spacial score (nSPS) is 10.7. The lowest BCUT2D eigenvalue weighted by atomic mass is 10.1. The fourth-order valence-electron chi connectivity index (χ4n) is 2.00. The minimum Gasteiger partial charge on any atom is -0.384 e. The van der Waals surface area contributed by atoms with E-state index in [1.807, 2.05) is 30.3 Å². The molecule has 0 unspecified atom stereocenters. The Hall–Kier alpha value is -2.14. The molecule has 0 saturated heterocycles. The fourth-order valence-corrected chi connectivity index (χ4v) is 2.55. The van der Waals surface area contributed by atoms with Crippen LogP contribution in [-0.2, 0) is 0 Å². The van der Waals surface area contributed by atoms with Gasteiger partial charge in [0, 0.05) is 16.1 Å². The third-order valence-corrected chi connectivity index (χ3v) is 3.60. The smallest absolute Gasteiger partial charge is 0.127 e. The van der Waals surface area contributed by atoms with Crippen molar-refractivity contribution in [1.82, 2.24) is 9.78 Å². The first-order valence-electron chi connectivity index (χ1n) is 6.01. The largest absolute Gasteiger partial charge is 0.384 e. The topological polar surface area (TPSA) is 43.8 Å². The summed E-state index contributed by atoms with van der Waals surface area (Å²) in [6.07, 6.45) is 0. The zero-order valence-electron chi connectivity index (χ0n) is 10.4. The highest BCUT2D eigenvalue weighted by molar-refractivity contribution is 9.10. The Morgan fingerprint density at radius 3 is 2.50 bits per heavy atom. The summed E-state index contributed by atoms with van der Waals surface area (Å²) in [4.78, 5) is 0. The molecule has 3 rings (SSSR count). The number of nitrogen functional groups attached to an aromatic ring is 1. The first-order chi connectivity index (χ1) is 9.65. The first-order valence-corrected chi connectivity index (χ1v) is 6.81. The maximum atomic E-state index is 13.1. The summed E-state index contributed by atoms with van der Waals surface area (Å²) in [5, 5.41) is 4.48. The molecule has 0 aliphatic carbocycles. The average Bonchev–Trinajstić information content (AvgIpc) is 2.81. The van der Waals surface area contributed by atoms with Gasteiger partial charge in [-0.05, 0) is 46.3 Å². The van der Waals surface area contributed by atoms with Crippen molar-refractivity contribution < 1.29 is 4.39 Å². The molecule has 5 heteroatoms. The van der Waals surface area contributed by atoms with Gasteiger partial charge in [0.05, 0.1) is 11.4 Å². The van der Waals surface area contributed by atoms with Crippen LogP contribution in [0, 0.1) is 5.82 Å². The second kappa shape index (κ2) is 5.09. The number of halogens is 2. The van der Waals surface area contributed by atoms with E-state index < -0.39 is 0 Å². The molecule has 0 fully saturated rings. The highest BCUT2D eigenvalue weighted by Gasteiger charge is 2.11. The predicted octanol–water partition coefficient (Wildman–Crippen LogP) is 4.02. The highest BCUT2D eigenvalue weighted by Crippen LogP contribution is 2.29. The number of hydrogen-bond acceptors (Lipinski definition) is 2. The van der Waals surface area contributed by atoms with Crippen molar-refractivity contribution in [2.45, 2.75) is 0 Å². The van der Waals surface area contributed by atoms with Gasteiger partial charge in [-0.1, -0.05) is 18.2 Å². The molecule has 2 N–H and O–H groups in total. The van der Waals surface area contributed by atoms with Gasteiger partial charge in [-0.15, -0.1) is 0 Å². The number of para-hydroxylation sites is 1. The van der Waals surface area contributed by atoms with Gasteiger partial charge >= 0.3 is 0 Å². The molecule has 20 heavy (non-hydrogen) atoms. The molecule has 1 aromatic heterocycles. The average molecular weight is 332 g/mol. The van der Waals surface area contributed by atoms with Gasteiger partial charge in [-0.25, -0.2) is 9.07 Å². The van der Waals surface area contributed by atoms with Gasteiger partial charge in [-0.3, -0.25) is 0 Å². The molecule has 0 spiro atoms. The van der Waals surface area contributed by atoms with E-state index in [1.54, 1.807) is 16.8 Å². The van der Waals surface area contributed by atoms with Crippen LogP contribution in [0.15, 0.2) is 59.1 Å². The lowest BCUT2D eigenvalue weighted by Crippen LogP contribution is -2.01. The van der Waals surface area contributed by atoms with Crippen LogP contribution < -0.4 is 5.73 Å². The van der Waals surface area contributed by atoms with Crippen LogP contribution in [0.25, 0.3) is 16.9 Å². The van der Waals surface area contributed by atoms with Crippen LogP contribution in [-0.4, -0.2) is 9.78 Å². The van der Waals surface area contributed by atoms with Gasteiger partial charge in [0.2, 0.25) is 0 Å². The van der Waals surface area contributed by atoms with Crippen molar-refractivity contribution in [3.63, 3.8) is 0 Å². The molecule has 0 atom stereocenters. The second-order valence-corrected chi connectivity index (χ2v) is 5.18. The number of nitrogens with two attached hydrogens (primary N) is 1. The molecule has 3 nitrogen and oxygen atoms in total. The zero-order valence-corrected chi connectivity index (χ0v) is 12.0. The first kappa shape index (κ1) is 12.9. The maximum Gasteiger partial charge on any atom is 0.127 e. The van der Waals surface area contributed by atoms with E-state index >= 15 is 0 Å². The standard InChI is InChI=1S/C15H11BrFN3/c16-13-8-10(17)6-7-12(13)14-9-15(18)20(19-14)11-4-2-1-3-5-11/h1-9H,18H2. The van der Waals surface area contributed by atoms with Gasteiger partial charge in [0.1, 0.15) is 11.6 Å². The number of nitrogens with zero attached hydrogens (tertiary/aromatic N) is 2. The molecule has 3 aromatic rings. The summed E-state index contributed by atoms with van der Waals surface area (Å²) in [6.45, 7) is 0. The number of benzene rings is 2. The second-order valence-electron chi connectivity index (χ2n) is 4.33.